The number of aryl methyl sites for hydroxylation is 1. The number of aromatic nitrogens is 2. The molecule has 0 unspecified atom stereocenters. The second kappa shape index (κ2) is 6.68. The first-order chi connectivity index (χ1) is 7.65. The van der Waals surface area contributed by atoms with Gasteiger partial charge in [-0.05, 0) is 29.3 Å². The lowest BCUT2D eigenvalue weighted by Crippen LogP contribution is -2.25. The first kappa shape index (κ1) is 13.2. The molecule has 4 nitrogen and oxygen atoms in total. The summed E-state index contributed by atoms with van der Waals surface area (Å²) in [4.78, 5) is 11.4. The van der Waals surface area contributed by atoms with Gasteiger partial charge in [-0.3, -0.25) is 9.48 Å². The fourth-order valence-corrected chi connectivity index (χ4v) is 1.65. The van der Waals surface area contributed by atoms with E-state index in [-0.39, 0.29) is 5.91 Å². The first-order valence-electron chi connectivity index (χ1n) is 5.59. The summed E-state index contributed by atoms with van der Waals surface area (Å²) in [7, 11) is 0. The molecule has 1 heterocycles. The van der Waals surface area contributed by atoms with Gasteiger partial charge >= 0.3 is 0 Å². The van der Waals surface area contributed by atoms with Gasteiger partial charge in [-0.25, -0.2) is 0 Å². The molecule has 90 valence electrons. The smallest absolute Gasteiger partial charge is 0.221 e. The highest BCUT2D eigenvalue weighted by atomic mass is 79.9. The van der Waals surface area contributed by atoms with Crippen LogP contribution in [-0.4, -0.2) is 22.2 Å². The molecule has 0 aliphatic heterocycles. The molecular weight excluding hydrogens is 270 g/mol. The summed E-state index contributed by atoms with van der Waals surface area (Å²) in [5, 5.41) is 7.06. The van der Waals surface area contributed by atoms with Gasteiger partial charge in [0.15, 0.2) is 0 Å². The summed E-state index contributed by atoms with van der Waals surface area (Å²) < 4.78 is 2.82. The molecule has 0 aliphatic rings. The number of nitrogens with zero attached hydrogens (tertiary/aromatic N) is 2. The topological polar surface area (TPSA) is 46.9 Å². The van der Waals surface area contributed by atoms with Crippen LogP contribution in [-0.2, 0) is 11.3 Å². The summed E-state index contributed by atoms with van der Waals surface area (Å²) in [5.74, 6) is 0.0967. The minimum absolute atomic E-state index is 0.0967. The normalized spacial score (nSPS) is 10.4. The van der Waals surface area contributed by atoms with Gasteiger partial charge in [-0.15, -0.1) is 0 Å². The summed E-state index contributed by atoms with van der Waals surface area (Å²) in [6.45, 7) is 5.50. The maximum absolute atomic E-state index is 11.4. The van der Waals surface area contributed by atoms with E-state index in [0.29, 0.717) is 13.0 Å². The predicted octanol–water partition coefficient (Wildman–Crippen LogP) is 2.26. The van der Waals surface area contributed by atoms with Gasteiger partial charge < -0.3 is 5.32 Å². The molecule has 0 aliphatic carbocycles. The van der Waals surface area contributed by atoms with Crippen molar-refractivity contribution >= 4 is 21.8 Å². The SMILES string of the molecule is CCCCNC(=O)CCn1ncc(Br)c1C. The summed E-state index contributed by atoms with van der Waals surface area (Å²) >= 11 is 3.39. The molecule has 0 saturated carbocycles. The van der Waals surface area contributed by atoms with Crippen molar-refractivity contribution in [2.45, 2.75) is 39.7 Å². The van der Waals surface area contributed by atoms with Gasteiger partial charge in [-0.2, -0.15) is 5.10 Å². The Kier molecular flexibility index (Phi) is 5.52. The number of unbranched alkanes of at least 4 members (excludes halogenated alkanes) is 1. The van der Waals surface area contributed by atoms with Crippen LogP contribution in [0.4, 0.5) is 0 Å². The number of rotatable bonds is 6. The number of hydrogen-bond donors (Lipinski definition) is 1. The molecule has 1 aromatic heterocycles. The van der Waals surface area contributed by atoms with Crippen molar-refractivity contribution in [1.82, 2.24) is 15.1 Å². The molecular formula is C11H18BrN3O. The molecule has 0 aromatic carbocycles. The average Bonchev–Trinajstić information content (AvgIpc) is 2.58. The van der Waals surface area contributed by atoms with Gasteiger partial charge in [0.1, 0.15) is 0 Å². The Balaban J connectivity index is 2.29. The highest BCUT2D eigenvalue weighted by Gasteiger charge is 2.05. The minimum atomic E-state index is 0.0967. The van der Waals surface area contributed by atoms with E-state index in [9.17, 15) is 4.79 Å². The van der Waals surface area contributed by atoms with Crippen LogP contribution in [0.15, 0.2) is 10.7 Å². The first-order valence-corrected chi connectivity index (χ1v) is 6.39. The number of carbonyl (C=O) groups is 1. The van der Waals surface area contributed by atoms with E-state index in [4.69, 9.17) is 0 Å². The third-order valence-electron chi connectivity index (χ3n) is 2.45. The maximum atomic E-state index is 11.4. The molecule has 0 spiro atoms. The molecule has 1 amide bonds. The highest BCUT2D eigenvalue weighted by molar-refractivity contribution is 9.10. The molecule has 1 N–H and O–H groups in total. The Bertz CT molecular complexity index is 349. The van der Waals surface area contributed by atoms with E-state index in [1.54, 1.807) is 6.20 Å². The lowest BCUT2D eigenvalue weighted by atomic mass is 10.3. The van der Waals surface area contributed by atoms with Gasteiger partial charge in [0.25, 0.3) is 0 Å². The quantitative estimate of drug-likeness (QED) is 0.816. The van der Waals surface area contributed by atoms with Crippen molar-refractivity contribution in [3.8, 4) is 0 Å². The Morgan fingerprint density at radius 3 is 2.94 bits per heavy atom. The minimum Gasteiger partial charge on any atom is -0.356 e. The largest absolute Gasteiger partial charge is 0.356 e. The lowest BCUT2D eigenvalue weighted by molar-refractivity contribution is -0.121. The van der Waals surface area contributed by atoms with E-state index in [1.165, 1.54) is 0 Å². The zero-order valence-electron chi connectivity index (χ0n) is 9.79. The predicted molar refractivity (Wildman–Crippen MR) is 67.2 cm³/mol. The zero-order chi connectivity index (χ0) is 12.0. The van der Waals surface area contributed by atoms with E-state index >= 15 is 0 Å². The number of halogens is 1. The number of nitrogens with one attached hydrogen (secondary N) is 1. The van der Waals surface area contributed by atoms with Crippen LogP contribution in [0.25, 0.3) is 0 Å². The van der Waals surface area contributed by atoms with Crippen LogP contribution >= 0.6 is 15.9 Å². The van der Waals surface area contributed by atoms with Crippen molar-refractivity contribution in [3.05, 3.63) is 16.4 Å². The van der Waals surface area contributed by atoms with Crippen molar-refractivity contribution in [2.24, 2.45) is 0 Å². The number of carbonyl (C=O) groups excluding carboxylic acids is 1. The summed E-state index contributed by atoms with van der Waals surface area (Å²) in [6, 6.07) is 0. The van der Waals surface area contributed by atoms with Gasteiger partial charge in [0, 0.05) is 25.2 Å². The standard InChI is InChI=1S/C11H18BrN3O/c1-3-4-6-13-11(16)5-7-15-9(2)10(12)8-14-15/h8H,3-7H2,1-2H3,(H,13,16). The van der Waals surface area contributed by atoms with Crippen molar-refractivity contribution in [3.63, 3.8) is 0 Å². The fourth-order valence-electron chi connectivity index (χ4n) is 1.35. The number of hydrogen-bond acceptors (Lipinski definition) is 2. The van der Waals surface area contributed by atoms with E-state index < -0.39 is 0 Å². The maximum Gasteiger partial charge on any atom is 0.221 e. The summed E-state index contributed by atoms with van der Waals surface area (Å²) in [6.07, 6.45) is 4.38. The molecule has 16 heavy (non-hydrogen) atoms. The van der Waals surface area contributed by atoms with Gasteiger partial charge in [0.2, 0.25) is 5.91 Å². The van der Waals surface area contributed by atoms with Crippen LogP contribution in [0.1, 0.15) is 31.9 Å². The van der Waals surface area contributed by atoms with Crippen molar-refractivity contribution in [2.75, 3.05) is 6.54 Å². The molecule has 1 aromatic rings. The average molecular weight is 288 g/mol. The summed E-state index contributed by atoms with van der Waals surface area (Å²) in [5.41, 5.74) is 1.06. The van der Waals surface area contributed by atoms with Crippen LogP contribution in [0.3, 0.4) is 0 Å². The van der Waals surface area contributed by atoms with Crippen LogP contribution in [0.5, 0.6) is 0 Å². The Labute approximate surface area is 105 Å². The third kappa shape index (κ3) is 3.96. The lowest BCUT2D eigenvalue weighted by Gasteiger charge is -2.05. The molecule has 1 rings (SSSR count). The Morgan fingerprint density at radius 1 is 1.62 bits per heavy atom. The van der Waals surface area contributed by atoms with Crippen LogP contribution in [0.2, 0.25) is 0 Å². The Hall–Kier alpha value is -0.840. The Morgan fingerprint density at radius 2 is 2.38 bits per heavy atom. The highest BCUT2D eigenvalue weighted by Crippen LogP contribution is 2.14. The number of amides is 1. The van der Waals surface area contributed by atoms with Gasteiger partial charge in [0.05, 0.1) is 10.7 Å². The monoisotopic (exact) mass is 287 g/mol. The van der Waals surface area contributed by atoms with Crippen molar-refractivity contribution < 1.29 is 4.79 Å². The van der Waals surface area contributed by atoms with Crippen LogP contribution in [0, 0.1) is 6.92 Å². The third-order valence-corrected chi connectivity index (χ3v) is 3.23. The molecule has 0 bridgehead atoms. The zero-order valence-corrected chi connectivity index (χ0v) is 11.4. The molecule has 0 fully saturated rings. The van der Waals surface area contributed by atoms with Crippen molar-refractivity contribution in [1.29, 1.82) is 0 Å². The second-order valence-electron chi connectivity index (χ2n) is 3.75. The second-order valence-corrected chi connectivity index (χ2v) is 4.61. The van der Waals surface area contributed by atoms with Crippen LogP contribution < -0.4 is 5.32 Å². The van der Waals surface area contributed by atoms with E-state index in [2.05, 4.69) is 33.3 Å². The van der Waals surface area contributed by atoms with E-state index in [0.717, 1.165) is 29.6 Å². The van der Waals surface area contributed by atoms with E-state index in [1.807, 2.05) is 11.6 Å². The van der Waals surface area contributed by atoms with Gasteiger partial charge in [-0.1, -0.05) is 13.3 Å². The molecule has 0 atom stereocenters. The molecule has 0 saturated heterocycles. The molecule has 5 heteroatoms. The fraction of sp³-hybridized carbons (Fsp3) is 0.636. The molecule has 0 radical (unpaired) electrons.